The van der Waals surface area contributed by atoms with Crippen LogP contribution in [0.3, 0.4) is 0 Å². The molecule has 0 amide bonds. The molecular formula is C23H33N3O3S2. The molecule has 2 aromatic carbocycles. The van der Waals surface area contributed by atoms with Gasteiger partial charge in [-0.25, -0.2) is 8.42 Å². The van der Waals surface area contributed by atoms with Gasteiger partial charge in [0.15, 0.2) is 5.11 Å². The second-order valence-corrected chi connectivity index (χ2v) is 11.1. The Balaban J connectivity index is 2.17. The van der Waals surface area contributed by atoms with Crippen molar-refractivity contribution in [3.8, 4) is 5.75 Å². The summed E-state index contributed by atoms with van der Waals surface area (Å²) in [6.45, 7) is 9.89. The third-order valence-electron chi connectivity index (χ3n) is 5.09. The number of ether oxygens (including phenoxy) is 1. The van der Waals surface area contributed by atoms with Gasteiger partial charge in [0.2, 0.25) is 10.0 Å². The third-order valence-corrected chi connectivity index (χ3v) is 5.94. The molecule has 0 bridgehead atoms. The van der Waals surface area contributed by atoms with E-state index in [1.54, 1.807) is 6.07 Å². The molecule has 0 aliphatic rings. The Morgan fingerprint density at radius 3 is 2.29 bits per heavy atom. The van der Waals surface area contributed by atoms with Gasteiger partial charge >= 0.3 is 0 Å². The van der Waals surface area contributed by atoms with Crippen LogP contribution >= 0.6 is 12.2 Å². The lowest BCUT2D eigenvalue weighted by molar-refractivity contribution is 0.388. The topological polar surface area (TPSA) is 84.7 Å². The maximum absolute atomic E-state index is 11.6. The fourth-order valence-corrected chi connectivity index (χ4v) is 4.00. The zero-order chi connectivity index (χ0) is 23.4. The molecule has 0 aliphatic carbocycles. The second kappa shape index (κ2) is 9.87. The lowest BCUT2D eigenvalue weighted by Gasteiger charge is -2.27. The van der Waals surface area contributed by atoms with Crippen molar-refractivity contribution in [3.05, 3.63) is 59.2 Å². The van der Waals surface area contributed by atoms with Crippen LogP contribution in [0.2, 0.25) is 0 Å². The van der Waals surface area contributed by atoms with E-state index in [1.807, 2.05) is 17.0 Å². The van der Waals surface area contributed by atoms with Gasteiger partial charge in [0.05, 0.1) is 19.1 Å². The Morgan fingerprint density at radius 1 is 1.19 bits per heavy atom. The molecule has 170 valence electrons. The number of hydrogen-bond acceptors (Lipinski definition) is 4. The molecule has 31 heavy (non-hydrogen) atoms. The molecule has 0 heterocycles. The van der Waals surface area contributed by atoms with E-state index in [4.69, 9.17) is 22.7 Å². The summed E-state index contributed by atoms with van der Waals surface area (Å²) in [4.78, 5) is 1.97. The molecule has 6 nitrogen and oxygen atoms in total. The molecule has 0 saturated heterocycles. The Labute approximate surface area is 191 Å². The van der Waals surface area contributed by atoms with Gasteiger partial charge in [-0.05, 0) is 52.4 Å². The average molecular weight is 464 g/mol. The van der Waals surface area contributed by atoms with Crippen molar-refractivity contribution in [2.75, 3.05) is 24.6 Å². The minimum Gasteiger partial charge on any atom is -0.495 e. The minimum atomic E-state index is -3.39. The molecule has 0 saturated carbocycles. The van der Waals surface area contributed by atoms with Crippen LogP contribution in [0.25, 0.3) is 0 Å². The number of nitrogens with two attached hydrogens (primary N) is 1. The highest BCUT2D eigenvalue weighted by Crippen LogP contribution is 2.30. The average Bonchev–Trinajstić information content (AvgIpc) is 2.66. The summed E-state index contributed by atoms with van der Waals surface area (Å²) in [5.41, 5.74) is 9.94. The standard InChI is InChI=1S/C23H33N3O3S2/c1-16(18-9-12-20(21(13-18)29-5)25-31(6,27)28)14-26(22(24)30)15-17-7-10-19(11-8-17)23(2,3)4/h7-13,16,25H,14-15H2,1-6H3,(H2,24,30). The van der Waals surface area contributed by atoms with Crippen molar-refractivity contribution in [2.45, 2.75) is 45.6 Å². The Morgan fingerprint density at radius 2 is 1.81 bits per heavy atom. The molecule has 0 aliphatic heterocycles. The van der Waals surface area contributed by atoms with Crippen LogP contribution in [-0.4, -0.2) is 38.3 Å². The van der Waals surface area contributed by atoms with Crippen LogP contribution in [-0.2, 0) is 22.0 Å². The molecule has 0 radical (unpaired) electrons. The molecule has 8 heteroatoms. The van der Waals surface area contributed by atoms with Crippen LogP contribution in [0.1, 0.15) is 50.3 Å². The van der Waals surface area contributed by atoms with E-state index in [-0.39, 0.29) is 11.3 Å². The number of sulfonamides is 1. The van der Waals surface area contributed by atoms with Crippen LogP contribution in [0.4, 0.5) is 5.69 Å². The lowest BCUT2D eigenvalue weighted by Crippen LogP contribution is -2.37. The summed E-state index contributed by atoms with van der Waals surface area (Å²) in [6, 6.07) is 14.0. The van der Waals surface area contributed by atoms with Crippen molar-refractivity contribution < 1.29 is 13.2 Å². The molecule has 1 unspecified atom stereocenters. The van der Waals surface area contributed by atoms with E-state index in [1.165, 1.54) is 12.7 Å². The molecule has 3 N–H and O–H groups in total. The molecule has 2 aromatic rings. The van der Waals surface area contributed by atoms with Crippen molar-refractivity contribution in [3.63, 3.8) is 0 Å². The fourth-order valence-electron chi connectivity index (χ4n) is 3.30. The number of anilines is 1. The van der Waals surface area contributed by atoms with Crippen LogP contribution in [0, 0.1) is 0 Å². The van der Waals surface area contributed by atoms with Gasteiger partial charge < -0.3 is 15.4 Å². The van der Waals surface area contributed by atoms with Crippen LogP contribution < -0.4 is 15.2 Å². The number of methoxy groups -OCH3 is 1. The van der Waals surface area contributed by atoms with Crippen molar-refractivity contribution >= 4 is 33.0 Å². The van der Waals surface area contributed by atoms with Crippen molar-refractivity contribution in [1.82, 2.24) is 4.90 Å². The second-order valence-electron chi connectivity index (χ2n) is 8.90. The van der Waals surface area contributed by atoms with Gasteiger partial charge in [-0.3, -0.25) is 4.72 Å². The van der Waals surface area contributed by atoms with Crippen molar-refractivity contribution in [1.29, 1.82) is 0 Å². The van der Waals surface area contributed by atoms with E-state index in [2.05, 4.69) is 56.7 Å². The minimum absolute atomic E-state index is 0.0940. The van der Waals surface area contributed by atoms with Gasteiger partial charge in [0, 0.05) is 13.1 Å². The highest BCUT2D eigenvalue weighted by atomic mass is 32.2. The number of nitrogens with zero attached hydrogens (tertiary/aromatic N) is 1. The van der Waals surface area contributed by atoms with E-state index < -0.39 is 10.0 Å². The summed E-state index contributed by atoms with van der Waals surface area (Å²) in [6.07, 6.45) is 1.11. The van der Waals surface area contributed by atoms with Gasteiger partial charge in [0.25, 0.3) is 0 Å². The zero-order valence-electron chi connectivity index (χ0n) is 19.1. The molecule has 2 rings (SSSR count). The number of benzene rings is 2. The summed E-state index contributed by atoms with van der Waals surface area (Å²) in [5, 5.41) is 0.342. The number of thiocarbonyl (C=S) groups is 1. The first-order valence-electron chi connectivity index (χ1n) is 10.1. The maximum atomic E-state index is 11.6. The third kappa shape index (κ3) is 7.40. The summed E-state index contributed by atoms with van der Waals surface area (Å²) in [7, 11) is -1.88. The molecule has 1 atom stereocenters. The monoisotopic (exact) mass is 463 g/mol. The zero-order valence-corrected chi connectivity index (χ0v) is 20.7. The predicted molar refractivity (Wildman–Crippen MR) is 132 cm³/mol. The molecular weight excluding hydrogens is 430 g/mol. The van der Waals surface area contributed by atoms with Crippen LogP contribution in [0.15, 0.2) is 42.5 Å². The quantitative estimate of drug-likeness (QED) is 0.571. The predicted octanol–water partition coefficient (Wildman–Crippen LogP) is 4.21. The smallest absolute Gasteiger partial charge is 0.229 e. The summed E-state index contributed by atoms with van der Waals surface area (Å²) < 4.78 is 31.0. The van der Waals surface area contributed by atoms with Gasteiger partial charge in [0.1, 0.15) is 5.75 Å². The van der Waals surface area contributed by atoms with Gasteiger partial charge in [-0.2, -0.15) is 0 Å². The Bertz CT molecular complexity index is 1010. The first-order valence-corrected chi connectivity index (χ1v) is 12.4. The highest BCUT2D eigenvalue weighted by Gasteiger charge is 2.18. The number of rotatable bonds is 8. The SMILES string of the molecule is COc1cc(C(C)CN(Cc2ccc(C(C)(C)C)cc2)C(N)=S)ccc1NS(C)(=O)=O. The Kier molecular flexibility index (Phi) is 7.94. The van der Waals surface area contributed by atoms with E-state index in [0.29, 0.717) is 29.6 Å². The maximum Gasteiger partial charge on any atom is 0.229 e. The lowest BCUT2D eigenvalue weighted by atomic mass is 9.87. The van der Waals surface area contributed by atoms with E-state index in [9.17, 15) is 8.42 Å². The van der Waals surface area contributed by atoms with E-state index >= 15 is 0 Å². The molecule has 0 spiro atoms. The van der Waals surface area contributed by atoms with Crippen molar-refractivity contribution in [2.24, 2.45) is 5.73 Å². The number of hydrogen-bond donors (Lipinski definition) is 2. The molecule has 0 fully saturated rings. The van der Waals surface area contributed by atoms with Crippen LogP contribution in [0.5, 0.6) is 5.75 Å². The molecule has 0 aromatic heterocycles. The summed E-state index contributed by atoms with van der Waals surface area (Å²) >= 11 is 5.30. The highest BCUT2D eigenvalue weighted by molar-refractivity contribution is 7.92. The Hall–Kier alpha value is -2.32. The summed E-state index contributed by atoms with van der Waals surface area (Å²) in [5.74, 6) is 0.561. The van der Waals surface area contributed by atoms with Gasteiger partial charge in [-0.1, -0.05) is 58.0 Å². The van der Waals surface area contributed by atoms with Gasteiger partial charge in [-0.15, -0.1) is 0 Å². The largest absolute Gasteiger partial charge is 0.495 e. The van der Waals surface area contributed by atoms with E-state index in [0.717, 1.165) is 17.4 Å². The first kappa shape index (κ1) is 24.9. The number of nitrogens with one attached hydrogen (secondary N) is 1. The first-order chi connectivity index (χ1) is 14.3. The normalized spacial score (nSPS) is 12.8. The fraction of sp³-hybridized carbons (Fsp3) is 0.435.